The zero-order valence-corrected chi connectivity index (χ0v) is 30.3. The molecule has 52 heavy (non-hydrogen) atoms. The van der Waals surface area contributed by atoms with Crippen LogP contribution >= 0.6 is 0 Å². The van der Waals surface area contributed by atoms with Crippen molar-refractivity contribution in [1.82, 2.24) is 23.5 Å². The molecule has 4 aliphatic rings. The number of ketones is 1. The number of carbonyl (C=O) groups excluding carboxylic acids is 1. The number of carbonyl (C=O) groups is 1. The predicted octanol–water partition coefficient (Wildman–Crippen LogP) is 9.90. The molecule has 0 spiro atoms. The Balaban J connectivity index is 0.938. The Bertz CT molecular complexity index is 2330. The molecule has 5 aromatic rings. The number of imidazole rings is 1. The van der Waals surface area contributed by atoms with Crippen molar-refractivity contribution in [2.45, 2.75) is 116 Å². The molecule has 4 aliphatic carbocycles. The van der Waals surface area contributed by atoms with E-state index in [9.17, 15) is 22.8 Å². The molecule has 0 saturated heterocycles. The van der Waals surface area contributed by atoms with Crippen molar-refractivity contribution < 1.29 is 18.0 Å². The molecular weight excluding hydrogens is 663 g/mol. The second kappa shape index (κ2) is 12.1. The van der Waals surface area contributed by atoms with Crippen molar-refractivity contribution in [2.24, 2.45) is 17.8 Å². The van der Waals surface area contributed by atoms with E-state index in [4.69, 9.17) is 0 Å². The Morgan fingerprint density at radius 3 is 2.23 bits per heavy atom. The monoisotopic (exact) mass is 709 g/mol. The van der Waals surface area contributed by atoms with Crippen LogP contribution in [0.25, 0.3) is 27.6 Å². The molecule has 3 aromatic heterocycles. The SMILES string of the molecule is CC(CC1CCc2c(c3ccccc3n2C(C)CC2CC=C(n3c(=O)n(C(C)C)c4ccccc43)CC2)C1)n1nc(C(F)(F)F)c2c1C(=O)C1CC21. The highest BCUT2D eigenvalue weighted by Crippen LogP contribution is 2.59. The second-order valence-corrected chi connectivity index (χ2v) is 16.4. The molecule has 0 amide bonds. The third-order valence-electron chi connectivity index (χ3n) is 12.6. The van der Waals surface area contributed by atoms with Crippen LogP contribution in [0.1, 0.15) is 130 Å². The van der Waals surface area contributed by atoms with Crippen LogP contribution in [0.3, 0.4) is 0 Å². The van der Waals surface area contributed by atoms with Crippen LogP contribution in [0.5, 0.6) is 0 Å². The Morgan fingerprint density at radius 2 is 1.52 bits per heavy atom. The minimum absolute atomic E-state index is 0.0388. The van der Waals surface area contributed by atoms with Gasteiger partial charge in [-0.3, -0.25) is 18.6 Å². The van der Waals surface area contributed by atoms with Gasteiger partial charge in [0.1, 0.15) is 5.69 Å². The summed E-state index contributed by atoms with van der Waals surface area (Å²) in [7, 11) is 0. The van der Waals surface area contributed by atoms with Crippen LogP contribution < -0.4 is 5.69 Å². The van der Waals surface area contributed by atoms with Crippen LogP contribution in [-0.2, 0) is 19.0 Å². The first-order valence-corrected chi connectivity index (χ1v) is 19.2. The van der Waals surface area contributed by atoms with E-state index in [2.05, 4.69) is 60.8 Å². The molecule has 7 nitrogen and oxygen atoms in total. The Hall–Kier alpha value is -4.34. The molecular formula is C42H46F3N5O2. The number of alkyl halides is 3. The summed E-state index contributed by atoms with van der Waals surface area (Å²) < 4.78 is 49.8. The van der Waals surface area contributed by atoms with Gasteiger partial charge in [-0.1, -0.05) is 36.4 Å². The number of allylic oxidation sites excluding steroid dienone is 2. The summed E-state index contributed by atoms with van der Waals surface area (Å²) in [5, 5.41) is 5.33. The number of Topliss-reactive ketones (excluding diaryl/α,β-unsaturated/α-hetero) is 1. The first kappa shape index (κ1) is 33.5. The van der Waals surface area contributed by atoms with E-state index < -0.39 is 11.9 Å². The van der Waals surface area contributed by atoms with E-state index in [1.807, 2.05) is 40.3 Å². The summed E-state index contributed by atoms with van der Waals surface area (Å²) in [6.07, 6.45) is 5.53. The van der Waals surface area contributed by atoms with E-state index in [0.29, 0.717) is 24.8 Å². The molecule has 2 aromatic carbocycles. The number of halogens is 3. The average Bonchev–Trinajstić information content (AvgIpc) is 3.39. The van der Waals surface area contributed by atoms with E-state index in [-0.39, 0.29) is 52.6 Å². The number of benzene rings is 2. The van der Waals surface area contributed by atoms with Gasteiger partial charge in [0.15, 0.2) is 11.5 Å². The number of fused-ring (bicyclic) bond motifs is 7. The number of hydrogen-bond acceptors (Lipinski definition) is 3. The van der Waals surface area contributed by atoms with Gasteiger partial charge in [0, 0.05) is 45.9 Å². The fraction of sp³-hybridized carbons (Fsp3) is 0.500. The number of aromatic nitrogens is 5. The molecule has 0 aliphatic heterocycles. The van der Waals surface area contributed by atoms with Gasteiger partial charge in [-0.15, -0.1) is 0 Å². The van der Waals surface area contributed by atoms with E-state index in [1.165, 1.54) is 26.8 Å². The predicted molar refractivity (Wildman–Crippen MR) is 197 cm³/mol. The largest absolute Gasteiger partial charge is 0.435 e. The lowest BCUT2D eigenvalue weighted by molar-refractivity contribution is -0.142. The third-order valence-corrected chi connectivity index (χ3v) is 12.6. The fourth-order valence-electron chi connectivity index (χ4n) is 10.3. The van der Waals surface area contributed by atoms with Crippen LogP contribution in [0.4, 0.5) is 13.2 Å². The highest BCUT2D eigenvalue weighted by molar-refractivity contribution is 6.05. The molecule has 6 atom stereocenters. The molecule has 0 radical (unpaired) electrons. The number of hydrogen-bond donors (Lipinski definition) is 0. The minimum Gasteiger partial charge on any atom is -0.342 e. The third kappa shape index (κ3) is 5.17. The average molecular weight is 710 g/mol. The molecule has 10 heteroatoms. The van der Waals surface area contributed by atoms with Crippen LogP contribution in [-0.4, -0.2) is 29.3 Å². The van der Waals surface area contributed by atoms with Gasteiger partial charge in [0.2, 0.25) is 0 Å². The minimum atomic E-state index is -4.56. The summed E-state index contributed by atoms with van der Waals surface area (Å²) in [5.41, 5.74) is 6.59. The second-order valence-electron chi connectivity index (χ2n) is 16.4. The molecule has 0 N–H and O–H groups in total. The zero-order chi connectivity index (χ0) is 36.2. The van der Waals surface area contributed by atoms with E-state index in [1.54, 1.807) is 0 Å². The molecule has 272 valence electrons. The highest BCUT2D eigenvalue weighted by atomic mass is 19.4. The van der Waals surface area contributed by atoms with E-state index in [0.717, 1.165) is 61.7 Å². The number of para-hydroxylation sites is 3. The van der Waals surface area contributed by atoms with Gasteiger partial charge in [-0.2, -0.15) is 18.3 Å². The van der Waals surface area contributed by atoms with Crippen molar-refractivity contribution in [3.05, 3.63) is 93.3 Å². The number of rotatable bonds is 8. The highest BCUT2D eigenvalue weighted by Gasteiger charge is 2.59. The number of nitrogens with zero attached hydrogens (tertiary/aromatic N) is 5. The lowest BCUT2D eigenvalue weighted by Crippen LogP contribution is -2.26. The smallest absolute Gasteiger partial charge is 0.342 e. The van der Waals surface area contributed by atoms with Crippen LogP contribution in [0.15, 0.2) is 59.4 Å². The van der Waals surface area contributed by atoms with Crippen molar-refractivity contribution in [3.8, 4) is 0 Å². The van der Waals surface area contributed by atoms with Gasteiger partial charge >= 0.3 is 11.9 Å². The summed E-state index contributed by atoms with van der Waals surface area (Å²) >= 11 is 0. The zero-order valence-electron chi connectivity index (χ0n) is 30.3. The maximum Gasteiger partial charge on any atom is 0.435 e. The van der Waals surface area contributed by atoms with Gasteiger partial charge in [0.25, 0.3) is 0 Å². The molecule has 6 unspecified atom stereocenters. The summed E-state index contributed by atoms with van der Waals surface area (Å²) in [4.78, 5) is 26.6. The lowest BCUT2D eigenvalue weighted by Gasteiger charge is -2.30. The molecule has 9 rings (SSSR count). The topological polar surface area (TPSA) is 66.8 Å². The van der Waals surface area contributed by atoms with Crippen molar-refractivity contribution in [3.63, 3.8) is 0 Å². The first-order valence-electron chi connectivity index (χ1n) is 19.2. The van der Waals surface area contributed by atoms with Crippen LogP contribution in [0.2, 0.25) is 0 Å². The Morgan fingerprint density at radius 1 is 0.827 bits per heavy atom. The molecule has 3 heterocycles. The van der Waals surface area contributed by atoms with E-state index >= 15 is 0 Å². The maximum atomic E-state index is 14.0. The normalized spacial score (nSPS) is 23.9. The maximum absolute atomic E-state index is 14.0. The fourth-order valence-corrected chi connectivity index (χ4v) is 10.3. The lowest BCUT2D eigenvalue weighted by atomic mass is 9.82. The summed E-state index contributed by atoms with van der Waals surface area (Å²) in [5.74, 6) is 0.0408. The Kier molecular flexibility index (Phi) is 7.79. The Labute approximate surface area is 301 Å². The first-order chi connectivity index (χ1) is 24.9. The van der Waals surface area contributed by atoms with Gasteiger partial charge in [-0.25, -0.2) is 4.79 Å². The van der Waals surface area contributed by atoms with Crippen LogP contribution in [0, 0.1) is 17.8 Å². The quantitative estimate of drug-likeness (QED) is 0.161. The summed E-state index contributed by atoms with van der Waals surface area (Å²) in [6, 6.07) is 16.8. The van der Waals surface area contributed by atoms with Gasteiger partial charge in [0.05, 0.1) is 17.1 Å². The molecule has 1 fully saturated rings. The van der Waals surface area contributed by atoms with Crippen molar-refractivity contribution >= 4 is 33.4 Å². The van der Waals surface area contributed by atoms with Crippen molar-refractivity contribution in [1.29, 1.82) is 0 Å². The molecule has 1 saturated carbocycles. The summed E-state index contributed by atoms with van der Waals surface area (Å²) in [6.45, 7) is 8.37. The van der Waals surface area contributed by atoms with Gasteiger partial charge < -0.3 is 4.57 Å². The molecule has 0 bridgehead atoms. The standard InChI is InChI=1S/C42H46F3N5O2/c1-23(2)47-35-11-7-8-12-36(35)49(41(47)52)28-16-13-26(14-17-28)19-24(3)48-33-10-6-5-9-29(33)30-21-27(15-18-34(30)48)20-25(4)50-38-37(31-22-32(31)39(38)51)40(46-50)42(43,44)45/h5-12,16,23-27,31-32H,13-15,17-22H2,1-4H3. The van der Waals surface area contributed by atoms with Crippen molar-refractivity contribution in [2.75, 3.05) is 0 Å². The van der Waals surface area contributed by atoms with Gasteiger partial charge in [-0.05, 0) is 127 Å².